The number of furan rings is 1. The van der Waals surface area contributed by atoms with Gasteiger partial charge in [0.2, 0.25) is 10.2 Å². The number of aryl methyl sites for hydroxylation is 1. The first-order valence-corrected chi connectivity index (χ1v) is 9.76. The lowest BCUT2D eigenvalue weighted by molar-refractivity contribution is -0.137. The average molecular weight is 432 g/mol. The van der Waals surface area contributed by atoms with Gasteiger partial charge in [0.1, 0.15) is 5.01 Å². The van der Waals surface area contributed by atoms with Gasteiger partial charge in [0.05, 0.1) is 5.56 Å². The van der Waals surface area contributed by atoms with E-state index >= 15 is 0 Å². The second-order valence-corrected chi connectivity index (χ2v) is 8.18. The van der Waals surface area contributed by atoms with E-state index in [4.69, 9.17) is 4.42 Å². The molecule has 28 heavy (non-hydrogen) atoms. The number of rotatable bonds is 5. The Hall–Kier alpha value is -2.93. The van der Waals surface area contributed by atoms with Crippen LogP contribution in [0.4, 0.5) is 24.0 Å². The van der Waals surface area contributed by atoms with Gasteiger partial charge in [-0.1, -0.05) is 17.4 Å². The summed E-state index contributed by atoms with van der Waals surface area (Å²) in [5, 5.41) is 9.98. The quantitative estimate of drug-likeness (QED) is 0.638. The van der Waals surface area contributed by atoms with Gasteiger partial charge in [-0.05, 0) is 37.3 Å². The van der Waals surface area contributed by atoms with E-state index in [9.17, 15) is 26.4 Å². The van der Waals surface area contributed by atoms with Crippen LogP contribution in [0.15, 0.2) is 45.9 Å². The zero-order valence-electron chi connectivity index (χ0n) is 13.9. The first kappa shape index (κ1) is 19.8. The van der Waals surface area contributed by atoms with Gasteiger partial charge >= 0.3 is 6.18 Å². The second-order valence-electron chi connectivity index (χ2n) is 5.38. The summed E-state index contributed by atoms with van der Waals surface area (Å²) in [6.45, 7) is 1.68. The Kier molecular flexibility index (Phi) is 5.12. The van der Waals surface area contributed by atoms with Crippen LogP contribution in [0, 0.1) is 6.92 Å². The first-order chi connectivity index (χ1) is 13.0. The molecule has 148 valence electrons. The number of amides is 1. The third-order valence-electron chi connectivity index (χ3n) is 3.26. The van der Waals surface area contributed by atoms with Gasteiger partial charge in [0, 0.05) is 5.69 Å². The molecule has 2 heterocycles. The van der Waals surface area contributed by atoms with Crippen molar-refractivity contribution >= 4 is 38.1 Å². The molecule has 0 aliphatic carbocycles. The number of nitrogens with zero attached hydrogens (tertiary/aromatic N) is 2. The van der Waals surface area contributed by atoms with E-state index in [-0.39, 0.29) is 16.6 Å². The number of sulfonamides is 1. The Balaban J connectivity index is 1.77. The number of anilines is 2. The van der Waals surface area contributed by atoms with Crippen LogP contribution in [0.25, 0.3) is 0 Å². The zero-order chi connectivity index (χ0) is 20.5. The summed E-state index contributed by atoms with van der Waals surface area (Å²) in [5.41, 5.74) is -1.32. The molecule has 0 aliphatic rings. The molecule has 0 saturated heterocycles. The summed E-state index contributed by atoms with van der Waals surface area (Å²) in [6.07, 6.45) is -4.62. The predicted molar refractivity (Wildman–Crippen MR) is 93.6 cm³/mol. The molecule has 3 aromatic rings. The third-order valence-corrected chi connectivity index (χ3v) is 5.27. The maximum absolute atomic E-state index is 12.7. The minimum atomic E-state index is -4.62. The molecule has 0 fully saturated rings. The van der Waals surface area contributed by atoms with E-state index in [2.05, 4.69) is 15.5 Å². The van der Waals surface area contributed by atoms with Crippen molar-refractivity contribution in [2.45, 2.75) is 18.2 Å². The normalized spacial score (nSPS) is 12.0. The molecule has 2 aromatic heterocycles. The summed E-state index contributed by atoms with van der Waals surface area (Å²) in [7, 11) is -4.35. The number of aromatic nitrogens is 2. The molecular weight excluding hydrogens is 421 g/mol. The highest BCUT2D eigenvalue weighted by Gasteiger charge is 2.31. The smallest absolute Gasteiger partial charge is 0.416 e. The monoisotopic (exact) mass is 432 g/mol. The van der Waals surface area contributed by atoms with Gasteiger partial charge in [-0.15, -0.1) is 10.2 Å². The lowest BCUT2D eigenvalue weighted by atomic mass is 10.2. The fourth-order valence-electron chi connectivity index (χ4n) is 2.06. The Morgan fingerprint density at radius 3 is 2.57 bits per heavy atom. The number of hydrogen-bond donors (Lipinski definition) is 2. The number of carbonyl (C=O) groups is 1. The summed E-state index contributed by atoms with van der Waals surface area (Å²) >= 11 is 1.11. The van der Waals surface area contributed by atoms with Crippen LogP contribution >= 0.6 is 11.3 Å². The van der Waals surface area contributed by atoms with Crippen molar-refractivity contribution < 1.29 is 30.8 Å². The maximum atomic E-state index is 12.7. The van der Waals surface area contributed by atoms with Crippen molar-refractivity contribution in [2.75, 3.05) is 10.0 Å². The molecule has 0 saturated carbocycles. The summed E-state index contributed by atoms with van der Waals surface area (Å²) in [6, 6.07) is 5.79. The molecule has 0 atom stereocenters. The van der Waals surface area contributed by atoms with Crippen LogP contribution in [-0.2, 0) is 16.2 Å². The molecule has 13 heteroatoms. The molecule has 3 rings (SSSR count). The van der Waals surface area contributed by atoms with Crippen LogP contribution in [-0.4, -0.2) is 24.5 Å². The molecule has 0 spiro atoms. The number of benzene rings is 1. The maximum Gasteiger partial charge on any atom is 0.416 e. The van der Waals surface area contributed by atoms with Crippen molar-refractivity contribution in [3.05, 3.63) is 52.7 Å². The molecule has 0 bridgehead atoms. The van der Waals surface area contributed by atoms with Gasteiger partial charge in [-0.25, -0.2) is 0 Å². The summed E-state index contributed by atoms with van der Waals surface area (Å²) in [4.78, 5) is 12.1. The Labute approximate surface area is 160 Å². The molecule has 8 nitrogen and oxygen atoms in total. The van der Waals surface area contributed by atoms with E-state index in [0.29, 0.717) is 11.1 Å². The van der Waals surface area contributed by atoms with E-state index in [0.717, 1.165) is 41.7 Å². The van der Waals surface area contributed by atoms with Crippen molar-refractivity contribution in [3.8, 4) is 0 Å². The molecule has 2 N–H and O–H groups in total. The highest BCUT2D eigenvalue weighted by Crippen LogP contribution is 2.31. The van der Waals surface area contributed by atoms with Crippen LogP contribution < -0.4 is 10.0 Å². The molecule has 0 radical (unpaired) electrons. The van der Waals surface area contributed by atoms with Crippen LogP contribution in [0.5, 0.6) is 0 Å². The Morgan fingerprint density at radius 1 is 1.18 bits per heavy atom. The van der Waals surface area contributed by atoms with E-state index < -0.39 is 32.8 Å². The average Bonchev–Trinajstić information content (AvgIpc) is 3.23. The highest BCUT2D eigenvalue weighted by molar-refractivity contribution is 7.92. The van der Waals surface area contributed by atoms with Crippen LogP contribution in [0.2, 0.25) is 0 Å². The third kappa shape index (κ3) is 4.48. The van der Waals surface area contributed by atoms with Crippen LogP contribution in [0.1, 0.15) is 21.1 Å². The lowest BCUT2D eigenvalue weighted by Gasteiger charge is -2.10. The highest BCUT2D eigenvalue weighted by atomic mass is 32.2. The van der Waals surface area contributed by atoms with Crippen molar-refractivity contribution in [1.29, 1.82) is 0 Å². The summed E-state index contributed by atoms with van der Waals surface area (Å²) in [5.74, 6) is -1.08. The minimum Gasteiger partial charge on any atom is -0.438 e. The Bertz CT molecular complexity index is 1120. The predicted octanol–water partition coefficient (Wildman–Crippen LogP) is 3.51. The van der Waals surface area contributed by atoms with Crippen molar-refractivity contribution in [3.63, 3.8) is 0 Å². The topological polar surface area (TPSA) is 114 Å². The number of alkyl halides is 3. The number of hydrogen-bond acceptors (Lipinski definition) is 7. The largest absolute Gasteiger partial charge is 0.438 e. The van der Waals surface area contributed by atoms with Crippen LogP contribution in [0.3, 0.4) is 0 Å². The molecule has 0 aliphatic heterocycles. The van der Waals surface area contributed by atoms with Gasteiger partial charge < -0.3 is 4.42 Å². The van der Waals surface area contributed by atoms with Crippen molar-refractivity contribution in [1.82, 2.24) is 10.2 Å². The fraction of sp³-hybridized carbons (Fsp3) is 0.133. The van der Waals surface area contributed by atoms with E-state index in [1.165, 1.54) is 0 Å². The zero-order valence-corrected chi connectivity index (χ0v) is 15.6. The minimum absolute atomic E-state index is 0.199. The molecule has 1 aromatic carbocycles. The number of nitrogens with one attached hydrogen (secondary N) is 2. The molecule has 1 amide bonds. The fourth-order valence-corrected chi connectivity index (χ4v) is 3.63. The lowest BCUT2D eigenvalue weighted by Crippen LogP contribution is -2.14. The molecule has 0 unspecified atom stereocenters. The number of carbonyl (C=O) groups excluding carboxylic acids is 1. The Morgan fingerprint density at radius 2 is 1.93 bits per heavy atom. The number of halogens is 3. The summed E-state index contributed by atoms with van der Waals surface area (Å²) < 4.78 is 69.9. The van der Waals surface area contributed by atoms with Gasteiger partial charge in [-0.3, -0.25) is 14.8 Å². The first-order valence-electron chi connectivity index (χ1n) is 7.46. The standard InChI is InChI=1S/C15H11F3N4O4S2/c1-8-20-21-14(27-8)19-13(23)11-5-6-12(26-11)28(24,25)22-10-4-2-3-9(7-10)15(16,17)18/h2-7,22H,1H3,(H,19,21,23). The van der Waals surface area contributed by atoms with Gasteiger partial charge in [0.15, 0.2) is 5.76 Å². The molecular formula is C15H11F3N4O4S2. The van der Waals surface area contributed by atoms with E-state index in [1.54, 1.807) is 6.92 Å². The van der Waals surface area contributed by atoms with Gasteiger partial charge in [0.25, 0.3) is 15.9 Å². The second kappa shape index (κ2) is 7.24. The van der Waals surface area contributed by atoms with Gasteiger partial charge in [-0.2, -0.15) is 21.6 Å². The van der Waals surface area contributed by atoms with Crippen molar-refractivity contribution in [2.24, 2.45) is 0 Å². The SMILES string of the molecule is Cc1nnc(NC(=O)c2ccc(S(=O)(=O)Nc3cccc(C(F)(F)F)c3)o2)s1. The van der Waals surface area contributed by atoms with E-state index in [1.807, 2.05) is 4.72 Å².